The standard InChI is InChI=1S/C19H15ClF3N7/c1-2-15-28-17-13(7-11(20)9-25-17)30(15)16-8-14(24)27-18(29-16)26-12-5-3-10(4-6-12)19(21,22)23/h3-9H,2H2,1H3,(H3,24,26,27,29). The van der Waals surface area contributed by atoms with E-state index in [0.29, 0.717) is 39.9 Å². The molecule has 0 saturated heterocycles. The summed E-state index contributed by atoms with van der Waals surface area (Å²) in [5.74, 6) is 1.43. The molecule has 3 aromatic heterocycles. The Balaban J connectivity index is 1.74. The van der Waals surface area contributed by atoms with Crippen LogP contribution in [0.2, 0.25) is 5.02 Å². The second kappa shape index (κ2) is 7.45. The molecule has 154 valence electrons. The van der Waals surface area contributed by atoms with Gasteiger partial charge in [-0.3, -0.25) is 4.57 Å². The van der Waals surface area contributed by atoms with Gasteiger partial charge in [-0.2, -0.15) is 23.1 Å². The van der Waals surface area contributed by atoms with E-state index < -0.39 is 11.7 Å². The maximum atomic E-state index is 12.8. The smallest absolute Gasteiger partial charge is 0.383 e. The van der Waals surface area contributed by atoms with Crippen molar-refractivity contribution in [3.63, 3.8) is 0 Å². The number of nitrogens with two attached hydrogens (primary N) is 1. The zero-order valence-electron chi connectivity index (χ0n) is 15.6. The summed E-state index contributed by atoms with van der Waals surface area (Å²) in [7, 11) is 0. The van der Waals surface area contributed by atoms with Crippen LogP contribution in [0.3, 0.4) is 0 Å². The van der Waals surface area contributed by atoms with E-state index in [1.807, 2.05) is 6.92 Å². The van der Waals surface area contributed by atoms with E-state index in [4.69, 9.17) is 17.3 Å². The lowest BCUT2D eigenvalue weighted by Crippen LogP contribution is -2.08. The van der Waals surface area contributed by atoms with Gasteiger partial charge in [0.1, 0.15) is 17.5 Å². The van der Waals surface area contributed by atoms with Gasteiger partial charge in [-0.1, -0.05) is 18.5 Å². The Morgan fingerprint density at radius 3 is 2.50 bits per heavy atom. The minimum absolute atomic E-state index is 0.128. The number of hydrogen-bond acceptors (Lipinski definition) is 6. The van der Waals surface area contributed by atoms with Crippen molar-refractivity contribution in [3.8, 4) is 5.82 Å². The summed E-state index contributed by atoms with van der Waals surface area (Å²) in [5, 5.41) is 3.32. The van der Waals surface area contributed by atoms with Crippen LogP contribution in [-0.4, -0.2) is 24.5 Å². The summed E-state index contributed by atoms with van der Waals surface area (Å²) in [6, 6.07) is 7.83. The van der Waals surface area contributed by atoms with Gasteiger partial charge >= 0.3 is 6.18 Å². The minimum Gasteiger partial charge on any atom is -0.383 e. The van der Waals surface area contributed by atoms with E-state index in [-0.39, 0.29) is 11.8 Å². The lowest BCUT2D eigenvalue weighted by molar-refractivity contribution is -0.137. The third-order valence-corrected chi connectivity index (χ3v) is 4.50. The van der Waals surface area contributed by atoms with Crippen molar-refractivity contribution in [1.29, 1.82) is 0 Å². The molecule has 0 aliphatic carbocycles. The zero-order chi connectivity index (χ0) is 21.5. The van der Waals surface area contributed by atoms with Crippen LogP contribution in [-0.2, 0) is 12.6 Å². The molecule has 1 aromatic carbocycles. The van der Waals surface area contributed by atoms with Gasteiger partial charge in [0.2, 0.25) is 5.95 Å². The first-order chi connectivity index (χ1) is 14.2. The predicted octanol–water partition coefficient (Wildman–Crippen LogP) is 4.77. The van der Waals surface area contributed by atoms with Crippen LogP contribution in [0.5, 0.6) is 0 Å². The molecule has 11 heteroatoms. The number of aryl methyl sites for hydroxylation is 1. The third-order valence-electron chi connectivity index (χ3n) is 4.29. The average Bonchev–Trinajstić information content (AvgIpc) is 3.05. The molecule has 0 saturated carbocycles. The number of imidazole rings is 1. The summed E-state index contributed by atoms with van der Waals surface area (Å²) in [4.78, 5) is 17.3. The van der Waals surface area contributed by atoms with Crippen LogP contribution >= 0.6 is 11.6 Å². The molecule has 0 bridgehead atoms. The molecule has 0 unspecified atom stereocenters. The van der Waals surface area contributed by atoms with E-state index in [1.165, 1.54) is 18.3 Å². The van der Waals surface area contributed by atoms with Crippen molar-refractivity contribution >= 4 is 40.2 Å². The highest BCUT2D eigenvalue weighted by Gasteiger charge is 2.30. The number of nitrogens with one attached hydrogen (secondary N) is 1. The monoisotopic (exact) mass is 433 g/mol. The maximum Gasteiger partial charge on any atom is 0.416 e. The van der Waals surface area contributed by atoms with Crippen molar-refractivity contribution in [1.82, 2.24) is 24.5 Å². The molecule has 4 rings (SSSR count). The van der Waals surface area contributed by atoms with Gasteiger partial charge in [-0.15, -0.1) is 0 Å². The Morgan fingerprint density at radius 1 is 1.10 bits per heavy atom. The molecule has 0 aliphatic heterocycles. The Labute approximate surface area is 173 Å². The molecule has 0 spiro atoms. The van der Waals surface area contributed by atoms with Gasteiger partial charge in [0.25, 0.3) is 0 Å². The summed E-state index contributed by atoms with van der Waals surface area (Å²) >= 11 is 6.09. The number of benzene rings is 1. The number of rotatable bonds is 4. The van der Waals surface area contributed by atoms with Crippen LogP contribution in [0.1, 0.15) is 18.3 Å². The fraction of sp³-hybridized carbons (Fsp3) is 0.158. The van der Waals surface area contributed by atoms with Gasteiger partial charge in [0.15, 0.2) is 5.65 Å². The van der Waals surface area contributed by atoms with Crippen molar-refractivity contribution in [2.75, 3.05) is 11.1 Å². The molecule has 30 heavy (non-hydrogen) atoms. The second-order valence-corrected chi connectivity index (χ2v) is 6.82. The van der Waals surface area contributed by atoms with Gasteiger partial charge in [0.05, 0.1) is 16.1 Å². The van der Waals surface area contributed by atoms with Crippen LogP contribution in [0.25, 0.3) is 17.0 Å². The van der Waals surface area contributed by atoms with E-state index in [9.17, 15) is 13.2 Å². The fourth-order valence-corrected chi connectivity index (χ4v) is 3.12. The first-order valence-electron chi connectivity index (χ1n) is 8.86. The number of aromatic nitrogens is 5. The van der Waals surface area contributed by atoms with Gasteiger partial charge in [-0.25, -0.2) is 9.97 Å². The molecule has 0 amide bonds. The summed E-state index contributed by atoms with van der Waals surface area (Å²) in [6.07, 6.45) is -2.31. The van der Waals surface area contributed by atoms with Crippen LogP contribution in [0, 0.1) is 0 Å². The van der Waals surface area contributed by atoms with Crippen molar-refractivity contribution < 1.29 is 13.2 Å². The van der Waals surface area contributed by atoms with Crippen LogP contribution in [0.4, 0.5) is 30.6 Å². The first kappa shape index (κ1) is 19.9. The van der Waals surface area contributed by atoms with Gasteiger partial charge < -0.3 is 11.1 Å². The van der Waals surface area contributed by atoms with E-state index >= 15 is 0 Å². The zero-order valence-corrected chi connectivity index (χ0v) is 16.3. The molecule has 0 radical (unpaired) electrons. The summed E-state index contributed by atoms with van der Waals surface area (Å²) in [5.41, 5.74) is 6.75. The lowest BCUT2D eigenvalue weighted by Gasteiger charge is -2.12. The number of nitrogen functional groups attached to an aromatic ring is 1. The number of nitrogens with zero attached hydrogens (tertiary/aromatic N) is 5. The topological polar surface area (TPSA) is 94.5 Å². The Kier molecular flexibility index (Phi) is 4.94. The number of fused-ring (bicyclic) bond motifs is 1. The van der Waals surface area contributed by atoms with E-state index in [2.05, 4.69) is 25.3 Å². The van der Waals surface area contributed by atoms with Crippen molar-refractivity contribution in [2.24, 2.45) is 0 Å². The SMILES string of the molecule is CCc1nc2ncc(Cl)cc2n1-c1cc(N)nc(Nc2ccc(C(F)(F)F)cc2)n1. The van der Waals surface area contributed by atoms with Crippen LogP contribution in [0.15, 0.2) is 42.6 Å². The van der Waals surface area contributed by atoms with Crippen LogP contribution < -0.4 is 11.1 Å². The molecule has 0 atom stereocenters. The molecule has 3 heterocycles. The Morgan fingerprint density at radius 2 is 1.83 bits per heavy atom. The number of pyridine rings is 1. The largest absolute Gasteiger partial charge is 0.416 e. The van der Waals surface area contributed by atoms with Gasteiger partial charge in [-0.05, 0) is 30.3 Å². The number of halogens is 4. The van der Waals surface area contributed by atoms with Crippen molar-refractivity contribution in [3.05, 3.63) is 59.0 Å². The molecule has 7 nitrogen and oxygen atoms in total. The third kappa shape index (κ3) is 3.86. The molecule has 3 N–H and O–H groups in total. The fourth-order valence-electron chi connectivity index (χ4n) is 2.97. The minimum atomic E-state index is -4.41. The van der Waals surface area contributed by atoms with Gasteiger partial charge in [0, 0.05) is 24.4 Å². The number of alkyl halides is 3. The van der Waals surface area contributed by atoms with Crippen molar-refractivity contribution in [2.45, 2.75) is 19.5 Å². The lowest BCUT2D eigenvalue weighted by atomic mass is 10.2. The molecule has 4 aromatic rings. The second-order valence-electron chi connectivity index (χ2n) is 6.39. The Bertz CT molecular complexity index is 1220. The predicted molar refractivity (Wildman–Crippen MR) is 108 cm³/mol. The molecule has 0 fully saturated rings. The highest BCUT2D eigenvalue weighted by molar-refractivity contribution is 6.31. The number of anilines is 3. The number of hydrogen-bond donors (Lipinski definition) is 2. The maximum absolute atomic E-state index is 12.8. The normalized spacial score (nSPS) is 11.8. The highest BCUT2D eigenvalue weighted by Crippen LogP contribution is 2.30. The average molecular weight is 434 g/mol. The highest BCUT2D eigenvalue weighted by atomic mass is 35.5. The Hall–Kier alpha value is -3.40. The van der Waals surface area contributed by atoms with E-state index in [1.54, 1.807) is 16.7 Å². The summed E-state index contributed by atoms with van der Waals surface area (Å²) < 4.78 is 40.0. The summed E-state index contributed by atoms with van der Waals surface area (Å²) in [6.45, 7) is 1.94. The molecular formula is C19H15ClF3N7. The quantitative estimate of drug-likeness (QED) is 0.481. The molecular weight excluding hydrogens is 419 g/mol. The molecule has 0 aliphatic rings. The first-order valence-corrected chi connectivity index (χ1v) is 9.24. The van der Waals surface area contributed by atoms with E-state index in [0.717, 1.165) is 12.1 Å².